The molecule has 0 radical (unpaired) electrons. The van der Waals surface area contributed by atoms with E-state index in [-0.39, 0.29) is 14.4 Å². The van der Waals surface area contributed by atoms with Crippen molar-refractivity contribution in [3.63, 3.8) is 0 Å². The Morgan fingerprint density at radius 2 is 1.77 bits per heavy atom. The van der Waals surface area contributed by atoms with Gasteiger partial charge >= 0.3 is 5.97 Å². The predicted molar refractivity (Wildman–Crippen MR) is 75.2 cm³/mol. The standard InChI is InChI=1S/C9H5N5O6S2/c10-8-11-12-9(22-8)21-6-4(13(17)18)1-3(7(15)16)2-5(6)14(19)20/h1-2H,(H2,10,11)(H,15,16). The van der Waals surface area contributed by atoms with Crippen molar-refractivity contribution < 1.29 is 19.7 Å². The van der Waals surface area contributed by atoms with Crippen molar-refractivity contribution in [2.75, 3.05) is 5.73 Å². The smallest absolute Gasteiger partial charge is 0.336 e. The number of hydrogen-bond acceptors (Lipinski definition) is 10. The zero-order valence-corrected chi connectivity index (χ0v) is 12.0. The molecule has 13 heteroatoms. The summed E-state index contributed by atoms with van der Waals surface area (Å²) >= 11 is 1.52. The van der Waals surface area contributed by atoms with Crippen LogP contribution in [-0.4, -0.2) is 31.1 Å². The summed E-state index contributed by atoms with van der Waals surface area (Å²) in [5.41, 5.74) is 3.42. The van der Waals surface area contributed by atoms with E-state index in [1.165, 1.54) is 0 Å². The second-order valence-corrected chi connectivity index (χ2v) is 5.94. The van der Waals surface area contributed by atoms with Gasteiger partial charge in [-0.25, -0.2) is 4.79 Å². The highest BCUT2D eigenvalue weighted by Gasteiger charge is 2.30. The number of hydrogen-bond donors (Lipinski definition) is 2. The van der Waals surface area contributed by atoms with Gasteiger partial charge in [-0.15, -0.1) is 10.2 Å². The lowest BCUT2D eigenvalue weighted by atomic mass is 10.2. The third-order valence-corrected chi connectivity index (χ3v) is 4.23. The van der Waals surface area contributed by atoms with Gasteiger partial charge in [0.15, 0.2) is 9.24 Å². The van der Waals surface area contributed by atoms with Gasteiger partial charge in [-0.3, -0.25) is 20.2 Å². The SMILES string of the molecule is Nc1nnc(Sc2c([N+](=O)[O-])cc(C(=O)O)cc2[N+](=O)[O-])s1. The highest BCUT2D eigenvalue weighted by Crippen LogP contribution is 2.43. The minimum absolute atomic E-state index is 0.0926. The number of rotatable bonds is 5. The molecule has 0 bridgehead atoms. The number of nitrogen functional groups attached to an aromatic ring is 1. The number of benzene rings is 1. The van der Waals surface area contributed by atoms with Crippen LogP contribution in [-0.2, 0) is 0 Å². The number of carboxylic acid groups (broad SMARTS) is 1. The maximum absolute atomic E-state index is 11.1. The molecule has 11 nitrogen and oxygen atoms in total. The van der Waals surface area contributed by atoms with Crippen molar-refractivity contribution in [2.24, 2.45) is 0 Å². The fraction of sp³-hybridized carbons (Fsp3) is 0. The Bertz CT molecular complexity index is 756. The number of aromatic carboxylic acids is 1. The maximum Gasteiger partial charge on any atom is 0.336 e. The summed E-state index contributed by atoms with van der Waals surface area (Å²) in [5, 5.41) is 38.3. The van der Waals surface area contributed by atoms with Crippen LogP contribution in [0.1, 0.15) is 10.4 Å². The number of carboxylic acids is 1. The summed E-state index contributed by atoms with van der Waals surface area (Å²) in [6.07, 6.45) is 0. The molecule has 0 aliphatic rings. The average molecular weight is 343 g/mol. The summed E-state index contributed by atoms with van der Waals surface area (Å²) in [4.78, 5) is 31.0. The topological polar surface area (TPSA) is 175 Å². The first-order valence-corrected chi connectivity index (χ1v) is 6.90. The number of anilines is 1. The summed E-state index contributed by atoms with van der Waals surface area (Å²) in [6, 6.07) is 1.50. The molecule has 0 spiro atoms. The van der Waals surface area contributed by atoms with E-state index in [1.54, 1.807) is 0 Å². The van der Waals surface area contributed by atoms with Gasteiger partial charge < -0.3 is 10.8 Å². The zero-order valence-electron chi connectivity index (χ0n) is 10.3. The van der Waals surface area contributed by atoms with Crippen LogP contribution in [0.2, 0.25) is 0 Å². The molecule has 0 fully saturated rings. The lowest BCUT2D eigenvalue weighted by Crippen LogP contribution is -2.03. The summed E-state index contributed by atoms with van der Waals surface area (Å²) in [5.74, 6) is -1.51. The van der Waals surface area contributed by atoms with Crippen molar-refractivity contribution in [2.45, 2.75) is 9.24 Å². The van der Waals surface area contributed by atoms with Gasteiger partial charge in [-0.1, -0.05) is 11.3 Å². The van der Waals surface area contributed by atoms with Crippen LogP contribution in [0.15, 0.2) is 21.4 Å². The van der Waals surface area contributed by atoms with Crippen LogP contribution in [0, 0.1) is 20.2 Å². The van der Waals surface area contributed by atoms with Crippen molar-refractivity contribution >= 4 is 45.6 Å². The predicted octanol–water partition coefficient (Wildman–Crippen LogP) is 1.79. The molecule has 22 heavy (non-hydrogen) atoms. The first kappa shape index (κ1) is 15.6. The second kappa shape index (κ2) is 5.90. The number of carbonyl (C=O) groups is 1. The van der Waals surface area contributed by atoms with Gasteiger partial charge in [0.25, 0.3) is 11.4 Å². The van der Waals surface area contributed by atoms with Crippen LogP contribution in [0.25, 0.3) is 0 Å². The molecule has 114 valence electrons. The van der Waals surface area contributed by atoms with E-state index in [0.29, 0.717) is 11.8 Å². The third kappa shape index (κ3) is 3.09. The van der Waals surface area contributed by atoms with Crippen molar-refractivity contribution in [1.82, 2.24) is 10.2 Å². The number of nitro benzene ring substituents is 2. The van der Waals surface area contributed by atoms with Crippen LogP contribution >= 0.6 is 23.1 Å². The summed E-state index contributed by atoms with van der Waals surface area (Å²) in [6.45, 7) is 0. The van der Waals surface area contributed by atoms with Gasteiger partial charge in [0.05, 0.1) is 15.4 Å². The molecular weight excluding hydrogens is 338 g/mol. The monoisotopic (exact) mass is 343 g/mol. The number of nitrogens with two attached hydrogens (primary N) is 1. The normalized spacial score (nSPS) is 10.4. The van der Waals surface area contributed by atoms with E-state index in [0.717, 1.165) is 23.5 Å². The van der Waals surface area contributed by atoms with E-state index < -0.39 is 32.8 Å². The molecule has 0 unspecified atom stereocenters. The molecule has 2 aromatic rings. The van der Waals surface area contributed by atoms with E-state index in [4.69, 9.17) is 10.8 Å². The van der Waals surface area contributed by atoms with Crippen LogP contribution in [0.5, 0.6) is 0 Å². The molecular formula is C9H5N5O6S2. The second-order valence-electron chi connectivity index (χ2n) is 3.67. The van der Waals surface area contributed by atoms with E-state index in [2.05, 4.69) is 10.2 Å². The molecule has 0 saturated heterocycles. The minimum atomic E-state index is -1.51. The molecule has 0 saturated carbocycles. The third-order valence-electron chi connectivity index (χ3n) is 2.30. The van der Waals surface area contributed by atoms with Crippen molar-refractivity contribution in [1.29, 1.82) is 0 Å². The molecule has 0 atom stereocenters. The molecule has 0 amide bonds. The average Bonchev–Trinajstić information content (AvgIpc) is 2.83. The Morgan fingerprint density at radius 1 is 1.23 bits per heavy atom. The highest BCUT2D eigenvalue weighted by molar-refractivity contribution is 8.01. The first-order chi connectivity index (χ1) is 10.3. The van der Waals surface area contributed by atoms with Crippen LogP contribution in [0.4, 0.5) is 16.5 Å². The Hall–Kier alpha value is -2.80. The zero-order chi connectivity index (χ0) is 16.4. The molecule has 0 aliphatic heterocycles. The van der Waals surface area contributed by atoms with E-state index in [1.807, 2.05) is 0 Å². The van der Waals surface area contributed by atoms with Crippen molar-refractivity contribution in [3.8, 4) is 0 Å². The van der Waals surface area contributed by atoms with Gasteiger partial charge in [0.1, 0.15) is 0 Å². The van der Waals surface area contributed by atoms with Gasteiger partial charge in [0.2, 0.25) is 5.13 Å². The van der Waals surface area contributed by atoms with Crippen molar-refractivity contribution in [3.05, 3.63) is 37.9 Å². The van der Waals surface area contributed by atoms with Gasteiger partial charge in [-0.05, 0) is 11.8 Å². The Balaban J connectivity index is 2.65. The lowest BCUT2D eigenvalue weighted by molar-refractivity contribution is -0.399. The largest absolute Gasteiger partial charge is 0.478 e. The summed E-state index contributed by atoms with van der Waals surface area (Å²) in [7, 11) is 0. The first-order valence-electron chi connectivity index (χ1n) is 5.26. The fourth-order valence-electron chi connectivity index (χ4n) is 1.45. The molecule has 2 rings (SSSR count). The van der Waals surface area contributed by atoms with Crippen LogP contribution < -0.4 is 5.73 Å². The number of nitrogens with zero attached hydrogens (tertiary/aromatic N) is 4. The molecule has 1 aromatic heterocycles. The highest BCUT2D eigenvalue weighted by atomic mass is 32.2. The van der Waals surface area contributed by atoms with Gasteiger partial charge in [-0.2, -0.15) is 0 Å². The molecule has 1 aromatic carbocycles. The molecule has 1 heterocycles. The summed E-state index contributed by atoms with van der Waals surface area (Å²) < 4.78 is 0.159. The Labute approximate surface area is 129 Å². The number of aromatic nitrogens is 2. The fourth-order valence-corrected chi connectivity index (χ4v) is 3.19. The minimum Gasteiger partial charge on any atom is -0.478 e. The van der Waals surface area contributed by atoms with E-state index in [9.17, 15) is 25.0 Å². The molecule has 3 N–H and O–H groups in total. The number of nitro groups is 2. The Kier molecular flexibility index (Phi) is 4.18. The Morgan fingerprint density at radius 3 is 2.14 bits per heavy atom. The maximum atomic E-state index is 11.1. The lowest BCUT2D eigenvalue weighted by Gasteiger charge is -2.03. The quantitative estimate of drug-likeness (QED) is 0.601. The van der Waals surface area contributed by atoms with Gasteiger partial charge in [0, 0.05) is 12.1 Å². The van der Waals surface area contributed by atoms with Crippen LogP contribution in [0.3, 0.4) is 0 Å². The van der Waals surface area contributed by atoms with E-state index >= 15 is 0 Å². The molecule has 0 aliphatic carbocycles.